The number of hydrogen-bond acceptors (Lipinski definition) is 4. The fourth-order valence-corrected chi connectivity index (χ4v) is 3.75. The fourth-order valence-electron chi connectivity index (χ4n) is 3.75. The fraction of sp³-hybridized carbons (Fsp3) is 0.526. The van der Waals surface area contributed by atoms with Crippen LogP contribution in [0.4, 0.5) is 8.78 Å². The van der Waals surface area contributed by atoms with Crippen molar-refractivity contribution in [2.45, 2.75) is 44.4 Å². The first-order valence-electron chi connectivity index (χ1n) is 9.17. The first-order valence-corrected chi connectivity index (χ1v) is 9.17. The minimum atomic E-state index is -2.68. The van der Waals surface area contributed by atoms with Gasteiger partial charge in [-0.15, -0.1) is 0 Å². The lowest BCUT2D eigenvalue weighted by molar-refractivity contribution is -0.161. The summed E-state index contributed by atoms with van der Waals surface area (Å²) in [7, 11) is 0. The molecule has 0 spiro atoms. The molecule has 0 bridgehead atoms. The zero-order chi connectivity index (χ0) is 18.9. The Labute approximate surface area is 156 Å². The molecule has 1 atom stereocenters. The van der Waals surface area contributed by atoms with E-state index in [4.69, 9.17) is 4.74 Å². The lowest BCUT2D eigenvalue weighted by Crippen LogP contribution is -2.49. The van der Waals surface area contributed by atoms with Crippen LogP contribution in [0, 0.1) is 5.92 Å². The van der Waals surface area contributed by atoms with E-state index in [1.807, 2.05) is 22.9 Å². The third kappa shape index (κ3) is 4.00. The predicted molar refractivity (Wildman–Crippen MR) is 92.9 cm³/mol. The SMILES string of the molecule is O=C(C1CC(F)(F)C1)N1Cc2ccnn2C(CCOCc2ccncc2)C1. The van der Waals surface area contributed by atoms with Crippen molar-refractivity contribution in [3.05, 3.63) is 48.0 Å². The van der Waals surface area contributed by atoms with Crippen LogP contribution in [0.15, 0.2) is 36.8 Å². The number of pyridine rings is 1. The molecule has 1 aliphatic carbocycles. The Bertz CT molecular complexity index is 788. The van der Waals surface area contributed by atoms with Crippen molar-refractivity contribution in [3.63, 3.8) is 0 Å². The quantitative estimate of drug-likeness (QED) is 0.728. The van der Waals surface area contributed by atoms with Gasteiger partial charge in [-0.25, -0.2) is 8.78 Å². The van der Waals surface area contributed by atoms with Gasteiger partial charge in [-0.05, 0) is 30.2 Å². The van der Waals surface area contributed by atoms with Crippen LogP contribution in [-0.2, 0) is 22.7 Å². The summed E-state index contributed by atoms with van der Waals surface area (Å²) in [4.78, 5) is 18.3. The second kappa shape index (κ2) is 7.34. The van der Waals surface area contributed by atoms with E-state index in [2.05, 4.69) is 10.1 Å². The highest BCUT2D eigenvalue weighted by Crippen LogP contribution is 2.43. The van der Waals surface area contributed by atoms with E-state index in [1.165, 1.54) is 0 Å². The van der Waals surface area contributed by atoms with Crippen molar-refractivity contribution < 1.29 is 18.3 Å². The molecule has 0 saturated heterocycles. The van der Waals surface area contributed by atoms with Gasteiger partial charge >= 0.3 is 0 Å². The largest absolute Gasteiger partial charge is 0.377 e. The average molecular weight is 376 g/mol. The van der Waals surface area contributed by atoms with Gasteiger partial charge in [0.25, 0.3) is 0 Å². The highest BCUT2D eigenvalue weighted by molar-refractivity contribution is 5.80. The summed E-state index contributed by atoms with van der Waals surface area (Å²) in [6.45, 7) is 1.93. The monoisotopic (exact) mass is 376 g/mol. The molecule has 1 aliphatic heterocycles. The molecule has 1 saturated carbocycles. The average Bonchev–Trinajstić information content (AvgIpc) is 3.12. The Balaban J connectivity index is 1.34. The number of fused-ring (bicyclic) bond motifs is 1. The zero-order valence-electron chi connectivity index (χ0n) is 14.9. The maximum Gasteiger partial charge on any atom is 0.249 e. The Hall–Kier alpha value is -2.35. The van der Waals surface area contributed by atoms with E-state index in [-0.39, 0.29) is 24.8 Å². The number of ether oxygens (including phenoxy) is 1. The van der Waals surface area contributed by atoms with E-state index < -0.39 is 11.8 Å². The van der Waals surface area contributed by atoms with Crippen LogP contribution in [0.1, 0.15) is 36.6 Å². The Kier molecular flexibility index (Phi) is 4.90. The van der Waals surface area contributed by atoms with Gasteiger partial charge in [-0.1, -0.05) is 0 Å². The Morgan fingerprint density at radius 1 is 1.22 bits per heavy atom. The van der Waals surface area contributed by atoms with Gasteiger partial charge < -0.3 is 9.64 Å². The molecule has 2 aliphatic rings. The van der Waals surface area contributed by atoms with Crippen molar-refractivity contribution in [1.82, 2.24) is 19.7 Å². The lowest BCUT2D eigenvalue weighted by atomic mass is 9.80. The van der Waals surface area contributed by atoms with E-state index in [1.54, 1.807) is 23.5 Å². The number of amides is 1. The van der Waals surface area contributed by atoms with Crippen LogP contribution in [0.5, 0.6) is 0 Å². The summed E-state index contributed by atoms with van der Waals surface area (Å²) in [5.41, 5.74) is 1.98. The molecule has 4 rings (SSSR count). The van der Waals surface area contributed by atoms with Gasteiger partial charge in [0.05, 0.1) is 24.9 Å². The summed E-state index contributed by atoms with van der Waals surface area (Å²) in [6.07, 6.45) is 5.20. The number of aromatic nitrogens is 3. The number of nitrogens with zero attached hydrogens (tertiary/aromatic N) is 4. The van der Waals surface area contributed by atoms with Gasteiger partial charge in [0.15, 0.2) is 0 Å². The Morgan fingerprint density at radius 3 is 2.74 bits per heavy atom. The third-order valence-electron chi connectivity index (χ3n) is 5.25. The second-order valence-electron chi connectivity index (χ2n) is 7.30. The molecule has 3 heterocycles. The van der Waals surface area contributed by atoms with E-state index in [9.17, 15) is 13.6 Å². The first kappa shape index (κ1) is 18.0. The van der Waals surface area contributed by atoms with E-state index >= 15 is 0 Å². The van der Waals surface area contributed by atoms with Gasteiger partial charge in [-0.2, -0.15) is 5.10 Å². The summed E-state index contributed by atoms with van der Waals surface area (Å²) in [6, 6.07) is 5.67. The molecule has 1 fully saturated rings. The molecular formula is C19H22F2N4O2. The number of alkyl halides is 2. The van der Waals surface area contributed by atoms with E-state index in [0.29, 0.717) is 32.7 Å². The van der Waals surface area contributed by atoms with Crippen LogP contribution >= 0.6 is 0 Å². The summed E-state index contributed by atoms with van der Waals surface area (Å²) >= 11 is 0. The van der Waals surface area contributed by atoms with Crippen LogP contribution in [-0.4, -0.2) is 44.6 Å². The highest BCUT2D eigenvalue weighted by atomic mass is 19.3. The number of carbonyl (C=O) groups is 1. The molecule has 1 amide bonds. The third-order valence-corrected chi connectivity index (χ3v) is 5.25. The van der Waals surface area contributed by atoms with Gasteiger partial charge in [0, 0.05) is 50.5 Å². The van der Waals surface area contributed by atoms with Crippen molar-refractivity contribution >= 4 is 5.91 Å². The van der Waals surface area contributed by atoms with Crippen LogP contribution in [0.2, 0.25) is 0 Å². The molecule has 0 N–H and O–H groups in total. The Morgan fingerprint density at radius 2 is 2.00 bits per heavy atom. The molecule has 2 aromatic rings. The molecular weight excluding hydrogens is 354 g/mol. The van der Waals surface area contributed by atoms with Gasteiger partial charge in [0.2, 0.25) is 11.8 Å². The van der Waals surface area contributed by atoms with Crippen molar-refractivity contribution in [3.8, 4) is 0 Å². The minimum Gasteiger partial charge on any atom is -0.377 e. The first-order chi connectivity index (χ1) is 13.0. The van der Waals surface area contributed by atoms with Gasteiger partial charge in [0.1, 0.15) is 0 Å². The predicted octanol–water partition coefficient (Wildman–Crippen LogP) is 2.81. The summed E-state index contributed by atoms with van der Waals surface area (Å²) in [5.74, 6) is -3.41. The second-order valence-corrected chi connectivity index (χ2v) is 7.30. The van der Waals surface area contributed by atoms with Crippen molar-refractivity contribution in [2.75, 3.05) is 13.2 Å². The smallest absolute Gasteiger partial charge is 0.249 e. The maximum atomic E-state index is 13.1. The maximum absolute atomic E-state index is 13.1. The summed E-state index contributed by atoms with van der Waals surface area (Å²) < 4.78 is 33.9. The van der Waals surface area contributed by atoms with Crippen molar-refractivity contribution in [1.29, 1.82) is 0 Å². The van der Waals surface area contributed by atoms with E-state index in [0.717, 1.165) is 11.3 Å². The molecule has 144 valence electrons. The van der Waals surface area contributed by atoms with Crippen LogP contribution in [0.25, 0.3) is 0 Å². The normalized spacial score (nSPS) is 21.6. The molecule has 0 aromatic carbocycles. The number of carbonyl (C=O) groups excluding carboxylic acids is 1. The topological polar surface area (TPSA) is 60.2 Å². The zero-order valence-corrected chi connectivity index (χ0v) is 14.9. The lowest BCUT2D eigenvalue weighted by Gasteiger charge is -2.40. The van der Waals surface area contributed by atoms with Gasteiger partial charge in [-0.3, -0.25) is 14.5 Å². The van der Waals surface area contributed by atoms with Crippen LogP contribution in [0.3, 0.4) is 0 Å². The number of hydrogen-bond donors (Lipinski definition) is 0. The molecule has 0 radical (unpaired) electrons. The molecule has 27 heavy (non-hydrogen) atoms. The molecule has 8 heteroatoms. The molecule has 1 unspecified atom stereocenters. The number of halogens is 2. The molecule has 6 nitrogen and oxygen atoms in total. The summed E-state index contributed by atoms with van der Waals surface area (Å²) in [5, 5.41) is 4.37. The van der Waals surface area contributed by atoms with Crippen molar-refractivity contribution in [2.24, 2.45) is 5.92 Å². The minimum absolute atomic E-state index is 0.00859. The highest BCUT2D eigenvalue weighted by Gasteiger charge is 2.50. The molecule has 2 aromatic heterocycles. The van der Waals surface area contributed by atoms with Crippen LogP contribution < -0.4 is 0 Å². The number of rotatable bonds is 6. The standard InChI is InChI=1S/C19H22F2N4O2/c20-19(21)9-15(10-19)18(26)24-11-16-3-7-23-25(16)17(12-24)4-8-27-13-14-1-5-22-6-2-14/h1-3,5-7,15,17H,4,8-13H2.